The number of hydrogen-bond donors (Lipinski definition) is 3. The fourth-order valence-electron chi connectivity index (χ4n) is 2.83. The molecule has 0 spiro atoms. The van der Waals surface area contributed by atoms with Crippen molar-refractivity contribution in [1.82, 2.24) is 10.6 Å². The first-order valence-corrected chi connectivity index (χ1v) is 8.05. The predicted octanol–water partition coefficient (Wildman–Crippen LogP) is 3.14. The number of halogens is 2. The van der Waals surface area contributed by atoms with E-state index in [-0.39, 0.29) is 28.2 Å². The molecule has 1 aliphatic rings. The van der Waals surface area contributed by atoms with Crippen molar-refractivity contribution in [1.29, 1.82) is 0 Å². The van der Waals surface area contributed by atoms with E-state index in [9.17, 15) is 28.5 Å². The summed E-state index contributed by atoms with van der Waals surface area (Å²) in [5.41, 5.74) is 0.252. The van der Waals surface area contributed by atoms with Crippen molar-refractivity contribution in [2.24, 2.45) is 0 Å². The number of carbonyl (C=O) groups excluding carboxylic acids is 2. The van der Waals surface area contributed by atoms with E-state index in [0.29, 0.717) is 6.07 Å². The lowest BCUT2D eigenvalue weighted by Crippen LogP contribution is -2.46. The van der Waals surface area contributed by atoms with Gasteiger partial charge in [0.15, 0.2) is 0 Å². The number of non-ortho nitro benzene ring substituents is 1. The maximum atomic E-state index is 14.2. The predicted molar refractivity (Wildman–Crippen MR) is 95.2 cm³/mol. The van der Waals surface area contributed by atoms with E-state index in [1.54, 1.807) is 0 Å². The van der Waals surface area contributed by atoms with Gasteiger partial charge in [0.2, 0.25) is 0 Å². The molecule has 10 heteroatoms. The molecule has 0 unspecified atom stereocenters. The molecule has 0 aromatic heterocycles. The van der Waals surface area contributed by atoms with E-state index in [2.05, 4.69) is 16.0 Å². The molecular formula is C18H14F2N4O4. The van der Waals surface area contributed by atoms with Crippen LogP contribution in [0.1, 0.15) is 18.5 Å². The second kappa shape index (κ2) is 7.43. The fraction of sp³-hybridized carbons (Fsp3) is 0.111. The topological polar surface area (TPSA) is 113 Å². The van der Waals surface area contributed by atoms with Crippen LogP contribution >= 0.6 is 0 Å². The second-order valence-electron chi connectivity index (χ2n) is 5.99. The maximum absolute atomic E-state index is 14.2. The molecule has 144 valence electrons. The molecule has 0 bridgehead atoms. The molecular weight excluding hydrogens is 374 g/mol. The number of carbonyl (C=O) groups is 2. The summed E-state index contributed by atoms with van der Waals surface area (Å²) >= 11 is 0. The van der Waals surface area contributed by atoms with Gasteiger partial charge in [-0.2, -0.15) is 0 Å². The van der Waals surface area contributed by atoms with Gasteiger partial charge in [-0.15, -0.1) is 0 Å². The summed E-state index contributed by atoms with van der Waals surface area (Å²) in [6.45, 7) is 1.47. The fourth-order valence-corrected chi connectivity index (χ4v) is 2.83. The van der Waals surface area contributed by atoms with Gasteiger partial charge in [0.1, 0.15) is 11.6 Å². The Kier molecular flexibility index (Phi) is 5.03. The SMILES string of the molecule is CC1=C(C(=O)Nc2ccc([N+](=O)[O-])cc2)[C@H](c2ccc(F)cc2F)NC(=O)N1. The Morgan fingerprint density at radius 2 is 1.86 bits per heavy atom. The van der Waals surface area contributed by atoms with E-state index in [0.717, 1.165) is 12.1 Å². The highest BCUT2D eigenvalue weighted by atomic mass is 19.1. The van der Waals surface area contributed by atoms with Gasteiger partial charge >= 0.3 is 6.03 Å². The highest BCUT2D eigenvalue weighted by Crippen LogP contribution is 2.30. The van der Waals surface area contributed by atoms with E-state index in [1.165, 1.54) is 31.2 Å². The quantitative estimate of drug-likeness (QED) is 0.551. The Bertz CT molecular complexity index is 1010. The number of urea groups is 1. The monoisotopic (exact) mass is 388 g/mol. The van der Waals surface area contributed by atoms with Crippen molar-refractivity contribution in [3.05, 3.63) is 81.0 Å². The molecule has 1 heterocycles. The zero-order chi connectivity index (χ0) is 20.4. The number of nitrogens with one attached hydrogen (secondary N) is 3. The molecule has 1 aliphatic heterocycles. The molecule has 0 saturated carbocycles. The van der Waals surface area contributed by atoms with E-state index < -0.39 is 34.5 Å². The van der Waals surface area contributed by atoms with E-state index in [1.807, 2.05) is 0 Å². The Morgan fingerprint density at radius 3 is 2.46 bits per heavy atom. The molecule has 0 fully saturated rings. The van der Waals surface area contributed by atoms with Crippen LogP contribution in [0.2, 0.25) is 0 Å². The van der Waals surface area contributed by atoms with Crippen LogP contribution in [0.3, 0.4) is 0 Å². The normalized spacial score (nSPS) is 16.2. The van der Waals surface area contributed by atoms with Crippen molar-refractivity contribution in [3.8, 4) is 0 Å². The highest BCUT2D eigenvalue weighted by Gasteiger charge is 2.33. The van der Waals surface area contributed by atoms with Crippen molar-refractivity contribution >= 4 is 23.3 Å². The van der Waals surface area contributed by atoms with Crippen LogP contribution in [0.5, 0.6) is 0 Å². The number of nitro benzene ring substituents is 1. The van der Waals surface area contributed by atoms with Crippen molar-refractivity contribution in [2.45, 2.75) is 13.0 Å². The molecule has 2 aromatic rings. The first kappa shape index (κ1) is 19.0. The molecule has 0 aliphatic carbocycles. The third-order valence-corrected chi connectivity index (χ3v) is 4.12. The average Bonchev–Trinajstić information content (AvgIpc) is 2.61. The maximum Gasteiger partial charge on any atom is 0.319 e. The number of nitro groups is 1. The van der Waals surface area contributed by atoms with Gasteiger partial charge in [0, 0.05) is 35.1 Å². The van der Waals surface area contributed by atoms with Gasteiger partial charge < -0.3 is 16.0 Å². The summed E-state index contributed by atoms with van der Waals surface area (Å²) in [6, 6.07) is 6.16. The number of rotatable bonds is 4. The first-order chi connectivity index (χ1) is 13.3. The average molecular weight is 388 g/mol. The zero-order valence-corrected chi connectivity index (χ0v) is 14.5. The molecule has 0 radical (unpaired) electrons. The van der Waals surface area contributed by atoms with E-state index >= 15 is 0 Å². The van der Waals surface area contributed by atoms with Crippen LogP contribution in [-0.4, -0.2) is 16.9 Å². The van der Waals surface area contributed by atoms with Crippen LogP contribution in [0.15, 0.2) is 53.7 Å². The Morgan fingerprint density at radius 1 is 1.18 bits per heavy atom. The number of allylic oxidation sites excluding steroid dienone is 1. The molecule has 3 amide bonds. The third kappa shape index (κ3) is 3.80. The highest BCUT2D eigenvalue weighted by molar-refractivity contribution is 6.06. The standard InChI is InChI=1S/C18H14F2N4O4/c1-9-15(17(25)22-11-3-5-12(6-4-11)24(27)28)16(23-18(26)21-9)13-7-2-10(19)8-14(13)20/h2-8,16H,1H3,(H,22,25)(H2,21,23,26)/t16-/m0/s1. The second-order valence-corrected chi connectivity index (χ2v) is 5.99. The minimum atomic E-state index is -1.15. The largest absolute Gasteiger partial charge is 0.327 e. The number of nitrogens with zero attached hydrogens (tertiary/aromatic N) is 1. The van der Waals surface area contributed by atoms with Gasteiger partial charge in [-0.1, -0.05) is 6.07 Å². The summed E-state index contributed by atoms with van der Waals surface area (Å²) in [4.78, 5) is 34.7. The first-order valence-electron chi connectivity index (χ1n) is 8.05. The minimum Gasteiger partial charge on any atom is -0.327 e. The number of anilines is 1. The summed E-state index contributed by atoms with van der Waals surface area (Å²) in [7, 11) is 0. The summed E-state index contributed by atoms with van der Waals surface area (Å²) < 4.78 is 27.5. The van der Waals surface area contributed by atoms with Gasteiger partial charge in [-0.3, -0.25) is 14.9 Å². The van der Waals surface area contributed by atoms with Crippen molar-refractivity contribution < 1.29 is 23.3 Å². The lowest BCUT2D eigenvalue weighted by atomic mass is 9.94. The molecule has 28 heavy (non-hydrogen) atoms. The lowest BCUT2D eigenvalue weighted by Gasteiger charge is -2.28. The summed E-state index contributed by atoms with van der Waals surface area (Å²) in [6.07, 6.45) is 0. The summed E-state index contributed by atoms with van der Waals surface area (Å²) in [5.74, 6) is -2.37. The molecule has 8 nitrogen and oxygen atoms in total. The number of amides is 3. The van der Waals surface area contributed by atoms with Crippen LogP contribution < -0.4 is 16.0 Å². The molecule has 3 rings (SSSR count). The van der Waals surface area contributed by atoms with Gasteiger partial charge in [0.05, 0.1) is 16.5 Å². The Hall–Kier alpha value is -3.82. The lowest BCUT2D eigenvalue weighted by molar-refractivity contribution is -0.384. The third-order valence-electron chi connectivity index (χ3n) is 4.12. The Labute approximate surface area is 157 Å². The van der Waals surface area contributed by atoms with Crippen LogP contribution in [-0.2, 0) is 4.79 Å². The van der Waals surface area contributed by atoms with Gasteiger partial charge in [-0.25, -0.2) is 13.6 Å². The minimum absolute atomic E-state index is 0.0171. The van der Waals surface area contributed by atoms with Crippen LogP contribution in [0.25, 0.3) is 0 Å². The van der Waals surface area contributed by atoms with Gasteiger partial charge in [-0.05, 0) is 25.1 Å². The molecule has 0 saturated heterocycles. The van der Waals surface area contributed by atoms with Crippen molar-refractivity contribution in [3.63, 3.8) is 0 Å². The zero-order valence-electron chi connectivity index (χ0n) is 14.5. The molecule has 2 aromatic carbocycles. The Balaban J connectivity index is 1.93. The number of benzene rings is 2. The van der Waals surface area contributed by atoms with Gasteiger partial charge in [0.25, 0.3) is 11.6 Å². The van der Waals surface area contributed by atoms with Crippen LogP contribution in [0, 0.1) is 21.7 Å². The number of hydrogen-bond acceptors (Lipinski definition) is 4. The van der Waals surface area contributed by atoms with E-state index in [4.69, 9.17) is 0 Å². The van der Waals surface area contributed by atoms with Crippen molar-refractivity contribution in [2.75, 3.05) is 5.32 Å². The molecule has 3 N–H and O–H groups in total. The smallest absolute Gasteiger partial charge is 0.319 e. The summed E-state index contributed by atoms with van der Waals surface area (Å²) in [5, 5.41) is 18.1. The molecule has 1 atom stereocenters. The van der Waals surface area contributed by atoms with Crippen LogP contribution in [0.4, 0.5) is 25.0 Å².